The van der Waals surface area contributed by atoms with Crippen molar-refractivity contribution in [2.45, 2.75) is 23.3 Å². The van der Waals surface area contributed by atoms with Crippen LogP contribution in [0.25, 0.3) is 0 Å². The van der Waals surface area contributed by atoms with Crippen LogP contribution < -0.4 is 9.46 Å². The molecule has 0 heterocycles. The molecule has 0 aliphatic heterocycles. The lowest BCUT2D eigenvalue weighted by Crippen LogP contribution is -2.39. The zero-order valence-electron chi connectivity index (χ0n) is 12.8. The first-order valence-electron chi connectivity index (χ1n) is 7.39. The van der Waals surface area contributed by atoms with E-state index < -0.39 is 15.6 Å². The maximum atomic E-state index is 12.4. The van der Waals surface area contributed by atoms with Gasteiger partial charge in [-0.2, -0.15) is 0 Å². The molecule has 1 atom stereocenters. The predicted octanol–water partition coefficient (Wildman–Crippen LogP) is 1.81. The Morgan fingerprint density at radius 3 is 2.57 bits per heavy atom. The third-order valence-electron chi connectivity index (χ3n) is 4.25. The summed E-state index contributed by atoms with van der Waals surface area (Å²) in [6.07, 6.45) is 1.26. The van der Waals surface area contributed by atoms with E-state index in [2.05, 4.69) is 4.72 Å². The molecule has 1 aliphatic rings. The van der Waals surface area contributed by atoms with Gasteiger partial charge in [-0.25, -0.2) is 13.1 Å². The van der Waals surface area contributed by atoms with E-state index in [4.69, 9.17) is 4.74 Å². The Morgan fingerprint density at radius 2 is 1.87 bits per heavy atom. The van der Waals surface area contributed by atoms with Crippen molar-refractivity contribution < 1.29 is 18.3 Å². The largest absolute Gasteiger partial charge is 0.497 e. The number of methoxy groups -OCH3 is 1. The average Bonchev–Trinajstić information content (AvgIpc) is 2.91. The molecule has 0 aromatic heterocycles. The van der Waals surface area contributed by atoms with Crippen molar-refractivity contribution in [2.75, 3.05) is 13.7 Å². The summed E-state index contributed by atoms with van der Waals surface area (Å²) in [4.78, 5) is 0.146. The minimum absolute atomic E-state index is 0.0433. The van der Waals surface area contributed by atoms with Gasteiger partial charge in [0.25, 0.3) is 0 Å². The highest BCUT2D eigenvalue weighted by atomic mass is 32.2. The van der Waals surface area contributed by atoms with Crippen LogP contribution in [-0.2, 0) is 22.0 Å². The first kappa shape index (κ1) is 16.0. The first-order valence-corrected chi connectivity index (χ1v) is 8.87. The molecule has 122 valence electrons. The van der Waals surface area contributed by atoms with E-state index in [0.717, 1.165) is 17.5 Å². The lowest BCUT2D eigenvalue weighted by molar-refractivity contribution is 0.0442. The highest BCUT2D eigenvalue weighted by molar-refractivity contribution is 7.89. The zero-order chi connectivity index (χ0) is 16.5. The second-order valence-corrected chi connectivity index (χ2v) is 7.46. The Morgan fingerprint density at radius 1 is 1.17 bits per heavy atom. The SMILES string of the molecule is COc1ccc(S(=O)(=O)NCC2(O)CCc3ccccc32)cc1. The molecule has 2 N–H and O–H groups in total. The van der Waals surface area contributed by atoms with Crippen molar-refractivity contribution >= 4 is 10.0 Å². The molecular formula is C17H19NO4S. The number of aliphatic hydroxyl groups is 1. The third kappa shape index (κ3) is 3.10. The monoisotopic (exact) mass is 333 g/mol. The first-order chi connectivity index (χ1) is 10.9. The van der Waals surface area contributed by atoms with E-state index in [1.54, 1.807) is 12.1 Å². The van der Waals surface area contributed by atoms with Gasteiger partial charge in [0.05, 0.1) is 12.0 Å². The lowest BCUT2D eigenvalue weighted by Gasteiger charge is -2.24. The molecule has 3 rings (SSSR count). The quantitative estimate of drug-likeness (QED) is 0.875. The number of fused-ring (bicyclic) bond motifs is 1. The van der Waals surface area contributed by atoms with E-state index in [1.807, 2.05) is 24.3 Å². The predicted molar refractivity (Wildman–Crippen MR) is 86.8 cm³/mol. The maximum Gasteiger partial charge on any atom is 0.240 e. The van der Waals surface area contributed by atoms with Crippen molar-refractivity contribution in [3.05, 3.63) is 59.7 Å². The molecule has 0 radical (unpaired) electrons. The number of nitrogens with one attached hydrogen (secondary N) is 1. The maximum absolute atomic E-state index is 12.4. The van der Waals surface area contributed by atoms with Crippen molar-refractivity contribution in [3.63, 3.8) is 0 Å². The number of aryl methyl sites for hydroxylation is 1. The van der Waals surface area contributed by atoms with Gasteiger partial charge >= 0.3 is 0 Å². The highest BCUT2D eigenvalue weighted by Crippen LogP contribution is 2.36. The van der Waals surface area contributed by atoms with Crippen LogP contribution in [0.15, 0.2) is 53.4 Å². The van der Waals surface area contributed by atoms with Gasteiger partial charge in [-0.15, -0.1) is 0 Å². The smallest absolute Gasteiger partial charge is 0.240 e. The van der Waals surface area contributed by atoms with E-state index in [0.29, 0.717) is 12.2 Å². The summed E-state index contributed by atoms with van der Waals surface area (Å²) in [5.74, 6) is 0.590. The van der Waals surface area contributed by atoms with Gasteiger partial charge in [0.2, 0.25) is 10.0 Å². The summed E-state index contributed by atoms with van der Waals surface area (Å²) in [5.41, 5.74) is 0.715. The Kier molecular flexibility index (Phi) is 4.14. The summed E-state index contributed by atoms with van der Waals surface area (Å²) in [7, 11) is -2.16. The molecule has 5 nitrogen and oxygen atoms in total. The Labute approximate surface area is 136 Å². The summed E-state index contributed by atoms with van der Waals surface area (Å²) < 4.78 is 32.3. The summed E-state index contributed by atoms with van der Waals surface area (Å²) in [6.45, 7) is -0.0433. The van der Waals surface area contributed by atoms with Gasteiger partial charge in [-0.05, 0) is 48.2 Å². The van der Waals surface area contributed by atoms with E-state index >= 15 is 0 Å². The summed E-state index contributed by atoms with van der Waals surface area (Å²) >= 11 is 0. The molecule has 2 aromatic rings. The number of benzene rings is 2. The van der Waals surface area contributed by atoms with Gasteiger partial charge in [0.1, 0.15) is 11.4 Å². The number of hydrogen-bond acceptors (Lipinski definition) is 4. The van der Waals surface area contributed by atoms with Gasteiger partial charge in [0.15, 0.2) is 0 Å². The molecule has 0 spiro atoms. The molecule has 1 unspecified atom stereocenters. The van der Waals surface area contributed by atoms with Gasteiger partial charge in [-0.1, -0.05) is 24.3 Å². The molecule has 23 heavy (non-hydrogen) atoms. The van der Waals surface area contributed by atoms with Gasteiger partial charge in [-0.3, -0.25) is 0 Å². The normalized spacial score (nSPS) is 20.3. The fourth-order valence-corrected chi connectivity index (χ4v) is 3.99. The molecule has 0 fully saturated rings. The second kappa shape index (κ2) is 5.96. The van der Waals surface area contributed by atoms with Crippen LogP contribution in [0.5, 0.6) is 5.75 Å². The second-order valence-electron chi connectivity index (χ2n) is 5.69. The van der Waals surface area contributed by atoms with E-state index in [-0.39, 0.29) is 11.4 Å². The molecule has 1 aliphatic carbocycles. The number of sulfonamides is 1. The van der Waals surface area contributed by atoms with E-state index in [9.17, 15) is 13.5 Å². The minimum Gasteiger partial charge on any atom is -0.497 e. The van der Waals surface area contributed by atoms with Crippen LogP contribution in [0.4, 0.5) is 0 Å². The molecule has 6 heteroatoms. The fraction of sp³-hybridized carbons (Fsp3) is 0.294. The van der Waals surface area contributed by atoms with E-state index in [1.165, 1.54) is 19.2 Å². The highest BCUT2D eigenvalue weighted by Gasteiger charge is 2.37. The topological polar surface area (TPSA) is 75.6 Å². The molecule has 0 amide bonds. The molecule has 0 saturated heterocycles. The lowest BCUT2D eigenvalue weighted by atomic mass is 9.96. The number of hydrogen-bond donors (Lipinski definition) is 2. The van der Waals surface area contributed by atoms with Crippen molar-refractivity contribution in [1.29, 1.82) is 0 Å². The van der Waals surface area contributed by atoms with Crippen LogP contribution in [-0.4, -0.2) is 27.2 Å². The number of ether oxygens (including phenoxy) is 1. The Balaban J connectivity index is 1.77. The van der Waals surface area contributed by atoms with Crippen LogP contribution in [0.1, 0.15) is 17.5 Å². The van der Waals surface area contributed by atoms with Crippen molar-refractivity contribution in [1.82, 2.24) is 4.72 Å². The van der Waals surface area contributed by atoms with Gasteiger partial charge < -0.3 is 9.84 Å². The molecular weight excluding hydrogens is 314 g/mol. The van der Waals surface area contributed by atoms with Crippen molar-refractivity contribution in [2.24, 2.45) is 0 Å². The van der Waals surface area contributed by atoms with Crippen LogP contribution in [0.2, 0.25) is 0 Å². The zero-order valence-corrected chi connectivity index (χ0v) is 13.6. The van der Waals surface area contributed by atoms with Crippen molar-refractivity contribution in [3.8, 4) is 5.75 Å². The fourth-order valence-electron chi connectivity index (χ4n) is 2.90. The number of rotatable bonds is 5. The Hall–Kier alpha value is -1.89. The summed E-state index contributed by atoms with van der Waals surface area (Å²) in [6, 6.07) is 13.7. The third-order valence-corrected chi connectivity index (χ3v) is 5.67. The molecule has 0 saturated carbocycles. The minimum atomic E-state index is -3.68. The Bertz CT molecular complexity index is 802. The molecule has 2 aromatic carbocycles. The summed E-state index contributed by atoms with van der Waals surface area (Å²) in [5, 5.41) is 10.8. The molecule has 0 bridgehead atoms. The standard InChI is InChI=1S/C17H19NO4S/c1-22-14-6-8-15(9-7-14)23(20,21)18-12-17(19)11-10-13-4-2-3-5-16(13)17/h2-9,18-19H,10-12H2,1H3. The van der Waals surface area contributed by atoms with Crippen LogP contribution >= 0.6 is 0 Å². The average molecular weight is 333 g/mol. The van der Waals surface area contributed by atoms with Crippen LogP contribution in [0.3, 0.4) is 0 Å². The van der Waals surface area contributed by atoms with Crippen LogP contribution in [0, 0.1) is 0 Å². The van der Waals surface area contributed by atoms with Gasteiger partial charge in [0, 0.05) is 6.54 Å².